The largest absolute Gasteiger partial charge is 0.368 e. The normalized spacial score (nSPS) is 14.6. The van der Waals surface area contributed by atoms with Gasteiger partial charge < -0.3 is 15.1 Å². The average Bonchev–Trinajstić information content (AvgIpc) is 2.78. The Morgan fingerprint density at radius 3 is 2.10 bits per heavy atom. The third-order valence-corrected chi connectivity index (χ3v) is 7.71. The highest BCUT2D eigenvalue weighted by Crippen LogP contribution is 2.19. The molecule has 7 nitrogen and oxygen atoms in total. The van der Waals surface area contributed by atoms with Gasteiger partial charge in [0.1, 0.15) is 0 Å². The Kier molecular flexibility index (Phi) is 7.23. The molecule has 0 atom stereocenters. The molecule has 3 rings (SSSR count). The van der Waals surface area contributed by atoms with Gasteiger partial charge in [-0.25, -0.2) is 8.42 Å². The molecule has 0 bridgehead atoms. The number of benzene rings is 2. The first-order valence-electron chi connectivity index (χ1n) is 10.1. The van der Waals surface area contributed by atoms with Crippen LogP contribution in [0.4, 0.5) is 5.69 Å². The molecule has 0 aromatic heterocycles. The molecule has 0 saturated carbocycles. The predicted molar refractivity (Wildman–Crippen MR) is 121 cm³/mol. The average molecular weight is 464 g/mol. The third-order valence-electron chi connectivity index (χ3n) is 5.29. The van der Waals surface area contributed by atoms with Crippen LogP contribution in [-0.2, 0) is 14.6 Å². The highest BCUT2D eigenvalue weighted by molar-refractivity contribution is 7.92. The van der Waals surface area contributed by atoms with Crippen molar-refractivity contribution in [3.05, 3.63) is 59.1 Å². The monoisotopic (exact) mass is 463 g/mol. The van der Waals surface area contributed by atoms with Gasteiger partial charge in [-0.15, -0.1) is 0 Å². The maximum Gasteiger partial charge on any atom is 0.251 e. The summed E-state index contributed by atoms with van der Waals surface area (Å²) in [6.07, 6.45) is 0. The van der Waals surface area contributed by atoms with Gasteiger partial charge in [0, 0.05) is 42.5 Å². The number of halogens is 1. The lowest BCUT2D eigenvalue weighted by atomic mass is 10.2. The highest BCUT2D eigenvalue weighted by Gasteiger charge is 2.22. The fourth-order valence-electron chi connectivity index (χ4n) is 3.30. The molecule has 0 spiro atoms. The van der Waals surface area contributed by atoms with E-state index in [1.165, 1.54) is 24.3 Å². The van der Waals surface area contributed by atoms with Crippen molar-refractivity contribution in [2.45, 2.75) is 24.0 Å². The van der Waals surface area contributed by atoms with E-state index in [0.717, 1.165) is 5.69 Å². The first-order valence-corrected chi connectivity index (χ1v) is 12.0. The molecule has 1 heterocycles. The van der Waals surface area contributed by atoms with Gasteiger partial charge in [-0.3, -0.25) is 9.59 Å². The zero-order chi connectivity index (χ0) is 22.6. The molecule has 0 unspecified atom stereocenters. The van der Waals surface area contributed by atoms with Gasteiger partial charge in [0.25, 0.3) is 5.91 Å². The van der Waals surface area contributed by atoms with Crippen LogP contribution >= 0.6 is 11.6 Å². The molecule has 0 radical (unpaired) electrons. The summed E-state index contributed by atoms with van der Waals surface area (Å²) in [5.41, 5.74) is 1.37. The van der Waals surface area contributed by atoms with Gasteiger partial charge in [-0.05, 0) is 62.4 Å². The zero-order valence-electron chi connectivity index (χ0n) is 17.5. The van der Waals surface area contributed by atoms with Crippen LogP contribution in [0.5, 0.6) is 0 Å². The van der Waals surface area contributed by atoms with Crippen LogP contribution in [0.3, 0.4) is 0 Å². The Labute approximate surface area is 187 Å². The first-order chi connectivity index (χ1) is 14.7. The third kappa shape index (κ3) is 5.57. The molecule has 1 N–H and O–H groups in total. The Hall–Kier alpha value is -2.58. The summed E-state index contributed by atoms with van der Waals surface area (Å²) in [5.74, 6) is -0.565. The van der Waals surface area contributed by atoms with Crippen LogP contribution in [0.25, 0.3) is 0 Å². The van der Waals surface area contributed by atoms with Gasteiger partial charge in [-0.2, -0.15) is 0 Å². The molecule has 2 aromatic carbocycles. The van der Waals surface area contributed by atoms with Crippen molar-refractivity contribution >= 4 is 38.9 Å². The van der Waals surface area contributed by atoms with E-state index in [1.807, 2.05) is 24.3 Å². The van der Waals surface area contributed by atoms with Crippen molar-refractivity contribution in [2.24, 2.45) is 0 Å². The van der Waals surface area contributed by atoms with Crippen molar-refractivity contribution in [3.63, 3.8) is 0 Å². The summed E-state index contributed by atoms with van der Waals surface area (Å²) in [7, 11) is -3.39. The summed E-state index contributed by atoms with van der Waals surface area (Å²) in [6.45, 7) is 5.65. The van der Waals surface area contributed by atoms with E-state index in [2.05, 4.69) is 10.2 Å². The number of sulfone groups is 1. The molecule has 31 heavy (non-hydrogen) atoms. The fourth-order valence-corrected chi connectivity index (χ4v) is 4.49. The molecule has 166 valence electrons. The Bertz CT molecular complexity index is 1030. The summed E-state index contributed by atoms with van der Waals surface area (Å²) < 4.78 is 24.3. The van der Waals surface area contributed by atoms with Crippen molar-refractivity contribution in [1.82, 2.24) is 10.2 Å². The van der Waals surface area contributed by atoms with Crippen molar-refractivity contribution in [1.29, 1.82) is 0 Å². The van der Waals surface area contributed by atoms with Crippen LogP contribution in [0.1, 0.15) is 24.2 Å². The number of nitrogens with zero attached hydrogens (tertiary/aromatic N) is 2. The van der Waals surface area contributed by atoms with E-state index in [9.17, 15) is 18.0 Å². The standard InChI is InChI=1S/C22H26ClN3O4S/c1-16(2)31(29,30)20-9-3-17(4-10-20)22(28)24-15-21(27)26-13-11-25(12-14-26)19-7-5-18(23)6-8-19/h3-10,16H,11-15H2,1-2H3,(H,24,28). The van der Waals surface area contributed by atoms with Crippen LogP contribution in [0, 0.1) is 0 Å². The first kappa shape index (κ1) is 23.1. The number of amides is 2. The number of hydrogen-bond acceptors (Lipinski definition) is 5. The second-order valence-electron chi connectivity index (χ2n) is 7.65. The van der Waals surface area contributed by atoms with Gasteiger partial charge in [0.2, 0.25) is 5.91 Å². The Balaban J connectivity index is 1.49. The topological polar surface area (TPSA) is 86.8 Å². The van der Waals surface area contributed by atoms with Gasteiger partial charge in [0.15, 0.2) is 9.84 Å². The number of anilines is 1. The minimum Gasteiger partial charge on any atom is -0.368 e. The van der Waals surface area contributed by atoms with Crippen molar-refractivity contribution < 1.29 is 18.0 Å². The van der Waals surface area contributed by atoms with Crippen molar-refractivity contribution in [3.8, 4) is 0 Å². The summed E-state index contributed by atoms with van der Waals surface area (Å²) in [6, 6.07) is 13.4. The number of carbonyl (C=O) groups is 2. The summed E-state index contributed by atoms with van der Waals surface area (Å²) >= 11 is 5.93. The van der Waals surface area contributed by atoms with E-state index in [0.29, 0.717) is 36.8 Å². The molecular weight excluding hydrogens is 438 g/mol. The lowest BCUT2D eigenvalue weighted by Gasteiger charge is -2.36. The number of piperazine rings is 1. The molecule has 0 aliphatic carbocycles. The van der Waals surface area contributed by atoms with Gasteiger partial charge >= 0.3 is 0 Å². The molecule has 1 aliphatic heterocycles. The Morgan fingerprint density at radius 2 is 1.55 bits per heavy atom. The molecule has 9 heteroatoms. The summed E-state index contributed by atoms with van der Waals surface area (Å²) in [5, 5.41) is 2.77. The van der Waals surface area contributed by atoms with Crippen LogP contribution < -0.4 is 10.2 Å². The van der Waals surface area contributed by atoms with E-state index < -0.39 is 21.0 Å². The maximum atomic E-state index is 12.5. The lowest BCUT2D eigenvalue weighted by Crippen LogP contribution is -2.51. The highest BCUT2D eigenvalue weighted by atomic mass is 35.5. The van der Waals surface area contributed by atoms with Crippen molar-refractivity contribution in [2.75, 3.05) is 37.6 Å². The Morgan fingerprint density at radius 1 is 0.968 bits per heavy atom. The molecule has 1 saturated heterocycles. The van der Waals surface area contributed by atoms with Crippen LogP contribution in [-0.4, -0.2) is 63.1 Å². The van der Waals surface area contributed by atoms with Crippen LogP contribution in [0.15, 0.2) is 53.4 Å². The number of carbonyl (C=O) groups excluding carboxylic acids is 2. The predicted octanol–water partition coefficient (Wildman–Crippen LogP) is 2.60. The van der Waals surface area contributed by atoms with Gasteiger partial charge in [-0.1, -0.05) is 11.6 Å². The molecule has 2 aromatic rings. The van der Waals surface area contributed by atoms with E-state index >= 15 is 0 Å². The number of rotatable bonds is 6. The minimum absolute atomic E-state index is 0.105. The van der Waals surface area contributed by atoms with Crippen LogP contribution in [0.2, 0.25) is 5.02 Å². The quantitative estimate of drug-likeness (QED) is 0.711. The SMILES string of the molecule is CC(C)S(=O)(=O)c1ccc(C(=O)NCC(=O)N2CCN(c3ccc(Cl)cc3)CC2)cc1. The number of hydrogen-bond donors (Lipinski definition) is 1. The lowest BCUT2D eigenvalue weighted by molar-refractivity contribution is -0.130. The molecule has 1 aliphatic rings. The van der Waals surface area contributed by atoms with Gasteiger partial charge in [0.05, 0.1) is 16.7 Å². The second kappa shape index (κ2) is 9.70. The second-order valence-corrected chi connectivity index (χ2v) is 10.6. The van der Waals surface area contributed by atoms with E-state index in [-0.39, 0.29) is 17.3 Å². The summed E-state index contributed by atoms with van der Waals surface area (Å²) in [4.78, 5) is 28.9. The smallest absolute Gasteiger partial charge is 0.251 e. The van der Waals surface area contributed by atoms with E-state index in [4.69, 9.17) is 11.6 Å². The fraction of sp³-hybridized carbons (Fsp3) is 0.364. The molecule has 1 fully saturated rings. The zero-order valence-corrected chi connectivity index (χ0v) is 19.1. The maximum absolute atomic E-state index is 12.5. The number of nitrogens with one attached hydrogen (secondary N) is 1. The molecule has 2 amide bonds. The van der Waals surface area contributed by atoms with E-state index in [1.54, 1.807) is 18.7 Å². The molecular formula is C22H26ClN3O4S. The minimum atomic E-state index is -3.39.